The number of rotatable bonds is 11. The Morgan fingerprint density at radius 3 is 2.24 bits per heavy atom. The van der Waals surface area contributed by atoms with E-state index in [0.717, 1.165) is 61.7 Å². The smallest absolute Gasteiger partial charge is 0.313 e. The van der Waals surface area contributed by atoms with Crippen LogP contribution in [0.2, 0.25) is 0 Å². The van der Waals surface area contributed by atoms with Crippen LogP contribution >= 0.6 is 11.8 Å². The molecule has 0 radical (unpaired) electrons. The highest BCUT2D eigenvalue weighted by Gasteiger charge is 2.46. The number of thioether (sulfide) groups is 1. The maximum absolute atomic E-state index is 13.1. The van der Waals surface area contributed by atoms with Crippen molar-refractivity contribution >= 4 is 22.9 Å². The Balaban J connectivity index is 1.31. The summed E-state index contributed by atoms with van der Waals surface area (Å²) in [6.07, 6.45) is 1.18. The van der Waals surface area contributed by atoms with Crippen molar-refractivity contribution in [2.24, 2.45) is 0 Å². The van der Waals surface area contributed by atoms with E-state index in [0.29, 0.717) is 19.4 Å². The number of benzene rings is 3. The Morgan fingerprint density at radius 2 is 1.60 bits per heavy atom. The summed E-state index contributed by atoms with van der Waals surface area (Å²) >= 11 is 1.03. The minimum Gasteiger partial charge on any atom is -0.488 e. The van der Waals surface area contributed by atoms with Gasteiger partial charge in [0.15, 0.2) is 0 Å². The van der Waals surface area contributed by atoms with E-state index in [4.69, 9.17) is 14.3 Å². The molecule has 0 aliphatic carbocycles. The Bertz CT molecular complexity index is 1440. The van der Waals surface area contributed by atoms with Gasteiger partial charge in [-0.1, -0.05) is 60.7 Å². The number of amides is 2. The summed E-state index contributed by atoms with van der Waals surface area (Å²) in [6.45, 7) is 11.2. The SMILES string of the molecule is CNC(CON1C(=O)SC(Cc2ccccc2)C1=O)CC1c2c(C)c(OCc3ccccc3)c(C)c(C)c2OC1(C)C. The largest absolute Gasteiger partial charge is 0.488 e. The van der Waals surface area contributed by atoms with Crippen molar-refractivity contribution in [2.75, 3.05) is 13.7 Å². The summed E-state index contributed by atoms with van der Waals surface area (Å²) in [5, 5.41) is 3.44. The van der Waals surface area contributed by atoms with Crippen molar-refractivity contribution in [2.45, 2.75) is 76.9 Å². The molecule has 5 rings (SSSR count). The van der Waals surface area contributed by atoms with Gasteiger partial charge >= 0.3 is 5.24 Å². The number of fused-ring (bicyclic) bond motifs is 1. The summed E-state index contributed by atoms with van der Waals surface area (Å²) in [4.78, 5) is 31.6. The molecule has 42 heavy (non-hydrogen) atoms. The number of hydrogen-bond donors (Lipinski definition) is 1. The monoisotopic (exact) mass is 588 g/mol. The molecular weight excluding hydrogens is 548 g/mol. The summed E-state index contributed by atoms with van der Waals surface area (Å²) in [7, 11) is 1.87. The second kappa shape index (κ2) is 12.5. The molecule has 0 saturated carbocycles. The Hall–Kier alpha value is -3.33. The zero-order valence-electron chi connectivity index (χ0n) is 25.2. The van der Waals surface area contributed by atoms with Crippen LogP contribution in [0.4, 0.5) is 4.79 Å². The predicted octanol–water partition coefficient (Wildman–Crippen LogP) is 6.66. The maximum atomic E-state index is 13.1. The molecule has 2 heterocycles. The number of carbonyl (C=O) groups excluding carboxylic acids is 2. The number of likely N-dealkylation sites (N-methyl/N-ethyl adjacent to an activating group) is 1. The Kier molecular flexibility index (Phi) is 8.97. The molecule has 3 atom stereocenters. The lowest BCUT2D eigenvalue weighted by Gasteiger charge is -2.30. The zero-order chi connectivity index (χ0) is 30.0. The highest BCUT2D eigenvalue weighted by atomic mass is 32.2. The lowest BCUT2D eigenvalue weighted by Crippen LogP contribution is -2.41. The molecule has 0 aromatic heterocycles. The van der Waals surface area contributed by atoms with Gasteiger partial charge in [-0.2, -0.15) is 0 Å². The molecule has 2 amide bonds. The molecule has 0 bridgehead atoms. The van der Waals surface area contributed by atoms with Crippen molar-refractivity contribution in [1.82, 2.24) is 10.4 Å². The van der Waals surface area contributed by atoms with Crippen LogP contribution in [-0.4, -0.2) is 46.8 Å². The highest BCUT2D eigenvalue weighted by Crippen LogP contribution is 2.53. The average Bonchev–Trinajstić information content (AvgIpc) is 3.40. The normalized spacial score (nSPS) is 20.0. The molecule has 8 heteroatoms. The molecule has 3 unspecified atom stereocenters. The van der Waals surface area contributed by atoms with Gasteiger partial charge in [0.25, 0.3) is 5.91 Å². The minimum absolute atomic E-state index is 0.0390. The Morgan fingerprint density at radius 1 is 0.952 bits per heavy atom. The fourth-order valence-corrected chi connectivity index (χ4v) is 6.88. The van der Waals surface area contributed by atoms with Crippen molar-refractivity contribution in [3.63, 3.8) is 0 Å². The average molecular weight is 589 g/mol. The van der Waals surface area contributed by atoms with Crippen LogP contribution in [0.1, 0.15) is 59.6 Å². The molecule has 0 spiro atoms. The number of hydrogen-bond acceptors (Lipinski definition) is 7. The van der Waals surface area contributed by atoms with Gasteiger partial charge in [-0.15, -0.1) is 5.06 Å². The van der Waals surface area contributed by atoms with E-state index in [-0.39, 0.29) is 29.7 Å². The van der Waals surface area contributed by atoms with Crippen LogP contribution in [0.15, 0.2) is 60.7 Å². The molecule has 1 saturated heterocycles. The summed E-state index contributed by atoms with van der Waals surface area (Å²) in [5.74, 6) is 1.55. The van der Waals surface area contributed by atoms with E-state index in [1.54, 1.807) is 0 Å². The van der Waals surface area contributed by atoms with Crippen molar-refractivity contribution in [1.29, 1.82) is 0 Å². The van der Waals surface area contributed by atoms with Gasteiger partial charge in [-0.25, -0.2) is 0 Å². The van der Waals surface area contributed by atoms with Crippen LogP contribution in [0, 0.1) is 20.8 Å². The number of ether oxygens (including phenoxy) is 2. The summed E-state index contributed by atoms with van der Waals surface area (Å²) < 4.78 is 13.0. The maximum Gasteiger partial charge on any atom is 0.313 e. The molecule has 3 aromatic rings. The molecule has 1 N–H and O–H groups in total. The fraction of sp³-hybridized carbons (Fsp3) is 0.412. The third-order valence-corrected chi connectivity index (χ3v) is 9.51. The standard InChI is InChI=1S/C34H40N2O5S/c1-21-22(2)31-29(23(3)30(21)39-19-25-15-11-8-12-16-25)27(34(4,5)41-31)18-26(35-6)20-40-36-32(37)28(42-33(36)38)17-24-13-9-7-10-14-24/h7-16,26-28,35H,17-20H2,1-6H3. The third kappa shape index (κ3) is 6.07. The Labute approximate surface area is 252 Å². The van der Waals surface area contributed by atoms with Crippen LogP contribution < -0.4 is 14.8 Å². The van der Waals surface area contributed by atoms with Crippen molar-refractivity contribution in [3.8, 4) is 11.5 Å². The predicted molar refractivity (Wildman–Crippen MR) is 166 cm³/mol. The van der Waals surface area contributed by atoms with E-state index in [9.17, 15) is 9.59 Å². The number of nitrogens with one attached hydrogen (secondary N) is 1. The molecular formula is C34H40N2O5S. The summed E-state index contributed by atoms with van der Waals surface area (Å²) in [5.41, 5.74) is 6.07. The van der Waals surface area contributed by atoms with Gasteiger partial charge in [-0.3, -0.25) is 14.4 Å². The third-order valence-electron chi connectivity index (χ3n) is 8.49. The van der Waals surface area contributed by atoms with E-state index in [1.807, 2.05) is 55.6 Å². The molecule has 222 valence electrons. The van der Waals surface area contributed by atoms with E-state index >= 15 is 0 Å². The number of imide groups is 1. The van der Waals surface area contributed by atoms with Gasteiger partial charge in [0, 0.05) is 17.5 Å². The molecule has 7 nitrogen and oxygen atoms in total. The number of hydroxylamine groups is 2. The van der Waals surface area contributed by atoms with Gasteiger partial charge in [0.2, 0.25) is 0 Å². The second-order valence-electron chi connectivity index (χ2n) is 11.7. The zero-order valence-corrected chi connectivity index (χ0v) is 26.0. The number of nitrogens with zero attached hydrogens (tertiary/aromatic N) is 1. The fourth-order valence-electron chi connectivity index (χ4n) is 5.93. The van der Waals surface area contributed by atoms with E-state index in [2.05, 4.69) is 52.1 Å². The van der Waals surface area contributed by atoms with E-state index in [1.165, 1.54) is 0 Å². The van der Waals surface area contributed by atoms with Crippen LogP contribution in [-0.2, 0) is 22.7 Å². The quantitative estimate of drug-likeness (QED) is 0.268. The van der Waals surface area contributed by atoms with Crippen LogP contribution in [0.5, 0.6) is 11.5 Å². The molecule has 2 aliphatic heterocycles. The van der Waals surface area contributed by atoms with Gasteiger partial charge in [0.1, 0.15) is 23.7 Å². The molecule has 2 aliphatic rings. The van der Waals surface area contributed by atoms with E-state index < -0.39 is 10.9 Å². The minimum atomic E-state index is -0.481. The van der Waals surface area contributed by atoms with Crippen molar-refractivity contribution < 1.29 is 23.9 Å². The summed E-state index contributed by atoms with van der Waals surface area (Å²) in [6, 6.07) is 19.8. The lowest BCUT2D eigenvalue weighted by atomic mass is 9.79. The first-order chi connectivity index (χ1) is 20.1. The first kappa shape index (κ1) is 30.1. The van der Waals surface area contributed by atoms with Gasteiger partial charge in [-0.05, 0) is 94.1 Å². The lowest BCUT2D eigenvalue weighted by molar-refractivity contribution is -0.165. The van der Waals surface area contributed by atoms with Crippen LogP contribution in [0.25, 0.3) is 0 Å². The molecule has 3 aromatic carbocycles. The first-order valence-electron chi connectivity index (χ1n) is 14.5. The van der Waals surface area contributed by atoms with Crippen molar-refractivity contribution in [3.05, 3.63) is 94.0 Å². The number of carbonyl (C=O) groups is 2. The topological polar surface area (TPSA) is 77.1 Å². The van der Waals surface area contributed by atoms with Crippen LogP contribution in [0.3, 0.4) is 0 Å². The first-order valence-corrected chi connectivity index (χ1v) is 15.4. The highest BCUT2D eigenvalue weighted by molar-refractivity contribution is 8.15. The second-order valence-corrected chi connectivity index (χ2v) is 12.8. The van der Waals surface area contributed by atoms with Gasteiger partial charge in [0.05, 0.1) is 11.9 Å². The van der Waals surface area contributed by atoms with Gasteiger partial charge < -0.3 is 14.8 Å². The molecule has 1 fully saturated rings.